The Labute approximate surface area is 362 Å². The maximum atomic E-state index is 12.5. The van der Waals surface area contributed by atoms with Gasteiger partial charge in [-0.1, -0.05) is 36.4 Å². The number of fused-ring (bicyclic) bond motifs is 3. The van der Waals surface area contributed by atoms with E-state index in [-0.39, 0.29) is 20.1 Å². The monoisotopic (exact) mass is 1020 g/mol. The van der Waals surface area contributed by atoms with Crippen LogP contribution in [0.2, 0.25) is 0 Å². The molecule has 0 bridgehead atoms. The van der Waals surface area contributed by atoms with Crippen LogP contribution in [0.3, 0.4) is 0 Å². The molecule has 9 rings (SSSR count). The summed E-state index contributed by atoms with van der Waals surface area (Å²) in [5.74, 6) is 0. The van der Waals surface area contributed by atoms with Crippen LogP contribution in [0.5, 0.6) is 0 Å². The van der Waals surface area contributed by atoms with E-state index in [0.717, 1.165) is 92.0 Å². The van der Waals surface area contributed by atoms with Crippen molar-refractivity contribution in [3.05, 3.63) is 160 Å². The minimum Gasteiger partial charge on any atom is -0.256 e. The molecular weight excluding hydrogens is 982 g/mol. The van der Waals surface area contributed by atoms with Gasteiger partial charge in [-0.3, -0.25) is 15.0 Å². The first kappa shape index (κ1) is 45.7. The molecule has 61 heavy (non-hydrogen) atoms. The SMILES string of the molecule is FC(F)(F)c1ccc(-c2ccc3c(c2)CCCC3)nc1.FC(F)(F)c1ccc(-c2ccc3c(c2)CCCC3)nc1.FC(F)(F)c1ccc(-c2ccc3c(c2)CCCC3)nc1.[Ir+3]. The average molecular weight is 1020 g/mol. The zero-order valence-electron chi connectivity index (χ0n) is 33.0. The van der Waals surface area contributed by atoms with Crippen LogP contribution in [0.4, 0.5) is 39.5 Å². The fourth-order valence-corrected chi connectivity index (χ4v) is 7.88. The number of nitrogens with zero attached hydrogens (tertiary/aromatic N) is 3. The molecular formula is C48H42F9IrN3+3. The van der Waals surface area contributed by atoms with Crippen molar-refractivity contribution in [1.82, 2.24) is 15.0 Å². The van der Waals surface area contributed by atoms with Crippen molar-refractivity contribution in [1.29, 1.82) is 0 Å². The zero-order valence-corrected chi connectivity index (χ0v) is 35.3. The predicted molar refractivity (Wildman–Crippen MR) is 214 cm³/mol. The van der Waals surface area contributed by atoms with Crippen LogP contribution in [-0.2, 0) is 77.2 Å². The molecule has 0 atom stereocenters. The van der Waals surface area contributed by atoms with E-state index in [1.165, 1.54) is 90.1 Å². The van der Waals surface area contributed by atoms with Gasteiger partial charge >= 0.3 is 38.6 Å². The second kappa shape index (κ2) is 19.5. The van der Waals surface area contributed by atoms with Gasteiger partial charge in [0.2, 0.25) is 0 Å². The van der Waals surface area contributed by atoms with Crippen molar-refractivity contribution in [3.8, 4) is 33.8 Å². The maximum Gasteiger partial charge on any atom is 3.00 e. The molecule has 13 heteroatoms. The van der Waals surface area contributed by atoms with Crippen LogP contribution >= 0.6 is 0 Å². The van der Waals surface area contributed by atoms with Gasteiger partial charge in [-0.05, 0) is 165 Å². The number of aromatic nitrogens is 3. The number of pyridine rings is 3. The summed E-state index contributed by atoms with van der Waals surface area (Å²) >= 11 is 0. The topological polar surface area (TPSA) is 38.7 Å². The molecule has 0 radical (unpaired) electrons. The van der Waals surface area contributed by atoms with E-state index in [0.29, 0.717) is 17.1 Å². The van der Waals surface area contributed by atoms with Gasteiger partial charge in [0.25, 0.3) is 0 Å². The van der Waals surface area contributed by atoms with Gasteiger partial charge in [-0.15, -0.1) is 0 Å². The molecule has 0 unspecified atom stereocenters. The summed E-state index contributed by atoms with van der Waals surface area (Å²) in [6.45, 7) is 0. The van der Waals surface area contributed by atoms with E-state index in [1.54, 1.807) is 0 Å². The third-order valence-electron chi connectivity index (χ3n) is 11.2. The average Bonchev–Trinajstić information content (AvgIpc) is 3.25. The van der Waals surface area contributed by atoms with Crippen LogP contribution in [0.15, 0.2) is 110 Å². The van der Waals surface area contributed by atoms with Gasteiger partial charge in [0.1, 0.15) is 0 Å². The molecule has 3 aliphatic carbocycles. The number of hydrogen-bond acceptors (Lipinski definition) is 3. The molecule has 3 aromatic carbocycles. The van der Waals surface area contributed by atoms with Crippen LogP contribution < -0.4 is 0 Å². The molecule has 3 heterocycles. The molecule has 0 saturated carbocycles. The van der Waals surface area contributed by atoms with Crippen molar-refractivity contribution in [3.63, 3.8) is 0 Å². The Bertz CT molecular complexity index is 2120. The molecule has 318 valence electrons. The molecule has 0 N–H and O–H groups in total. The number of benzene rings is 3. The van der Waals surface area contributed by atoms with Gasteiger partial charge < -0.3 is 0 Å². The van der Waals surface area contributed by atoms with Gasteiger partial charge in [-0.2, -0.15) is 39.5 Å². The number of rotatable bonds is 3. The third kappa shape index (κ3) is 11.7. The number of halogens is 9. The largest absolute Gasteiger partial charge is 3.00 e. The van der Waals surface area contributed by atoms with Crippen molar-refractivity contribution in [2.45, 2.75) is 95.6 Å². The van der Waals surface area contributed by atoms with Gasteiger partial charge in [0.05, 0.1) is 33.8 Å². The van der Waals surface area contributed by atoms with Crippen LogP contribution in [0.1, 0.15) is 88.6 Å². The number of aryl methyl sites for hydroxylation is 6. The Hall–Kier alpha value is -4.87. The zero-order chi connectivity index (χ0) is 42.5. The van der Waals surface area contributed by atoms with Crippen molar-refractivity contribution in [2.75, 3.05) is 0 Å². The second-order valence-corrected chi connectivity index (χ2v) is 15.4. The molecule has 0 aliphatic heterocycles. The molecule has 3 nitrogen and oxygen atoms in total. The summed E-state index contributed by atoms with van der Waals surface area (Å²) in [5, 5.41) is 0. The van der Waals surface area contributed by atoms with Gasteiger partial charge in [0, 0.05) is 35.3 Å². The summed E-state index contributed by atoms with van der Waals surface area (Å²) in [7, 11) is 0. The normalized spacial score (nSPS) is 14.7. The Morgan fingerprint density at radius 3 is 0.770 bits per heavy atom. The fraction of sp³-hybridized carbons (Fsp3) is 0.312. The standard InChI is InChI=1S/3C16H14F3N.Ir/c3*17-16(18,19)14-7-8-15(20-10-14)13-6-5-11-3-1-2-4-12(11)9-13;/h3*5-10H,1-4H2;/q;;;+3. The summed E-state index contributed by atoms with van der Waals surface area (Å²) in [6, 6.07) is 25.8. The number of alkyl halides is 9. The smallest absolute Gasteiger partial charge is 0.256 e. The quantitative estimate of drug-likeness (QED) is 0.166. The van der Waals surface area contributed by atoms with Crippen LogP contribution in [0, 0.1) is 0 Å². The molecule has 6 aromatic rings. The van der Waals surface area contributed by atoms with Gasteiger partial charge in [0.15, 0.2) is 0 Å². The molecule has 0 amide bonds. The summed E-state index contributed by atoms with van der Waals surface area (Å²) in [4.78, 5) is 11.8. The van der Waals surface area contributed by atoms with Crippen LogP contribution in [-0.4, -0.2) is 15.0 Å². The summed E-state index contributed by atoms with van der Waals surface area (Å²) in [5.41, 5.74) is 10.3. The minimum absolute atomic E-state index is 0. The Morgan fingerprint density at radius 2 is 0.557 bits per heavy atom. The fourth-order valence-electron chi connectivity index (χ4n) is 7.88. The van der Waals surface area contributed by atoms with E-state index in [4.69, 9.17) is 0 Å². The summed E-state index contributed by atoms with van der Waals surface area (Å²) in [6.07, 6.45) is 3.29. The maximum absolute atomic E-state index is 12.5. The first-order chi connectivity index (χ1) is 28.6. The van der Waals surface area contributed by atoms with E-state index in [9.17, 15) is 39.5 Å². The minimum atomic E-state index is -4.33. The Balaban J connectivity index is 0.000000152. The molecule has 3 aromatic heterocycles. The van der Waals surface area contributed by atoms with E-state index < -0.39 is 35.2 Å². The van der Waals surface area contributed by atoms with Gasteiger partial charge in [-0.25, -0.2) is 0 Å². The van der Waals surface area contributed by atoms with Crippen LogP contribution in [0.25, 0.3) is 33.8 Å². The molecule has 3 aliphatic rings. The number of hydrogen-bond donors (Lipinski definition) is 0. The van der Waals surface area contributed by atoms with Crippen molar-refractivity contribution >= 4 is 0 Å². The van der Waals surface area contributed by atoms with E-state index >= 15 is 0 Å². The molecule has 0 spiro atoms. The predicted octanol–water partition coefficient (Wildman–Crippen LogP) is 13.9. The van der Waals surface area contributed by atoms with E-state index in [1.807, 2.05) is 18.2 Å². The molecule has 0 fully saturated rings. The van der Waals surface area contributed by atoms with E-state index in [2.05, 4.69) is 51.4 Å². The summed E-state index contributed by atoms with van der Waals surface area (Å²) < 4.78 is 113. The first-order valence-electron chi connectivity index (χ1n) is 20.1. The van der Waals surface area contributed by atoms with Crippen molar-refractivity contribution < 1.29 is 59.6 Å². The Kier molecular flexibility index (Phi) is 14.6. The third-order valence-corrected chi connectivity index (χ3v) is 11.2. The first-order valence-corrected chi connectivity index (χ1v) is 20.1. The van der Waals surface area contributed by atoms with Crippen molar-refractivity contribution in [2.24, 2.45) is 0 Å². The Morgan fingerprint density at radius 1 is 0.311 bits per heavy atom. The second-order valence-electron chi connectivity index (χ2n) is 15.4. The molecule has 0 saturated heterocycles.